The van der Waals surface area contributed by atoms with Crippen LogP contribution in [-0.4, -0.2) is 23.9 Å². The highest BCUT2D eigenvalue weighted by Crippen LogP contribution is 2.19. The zero-order valence-corrected chi connectivity index (χ0v) is 10.9. The highest BCUT2D eigenvalue weighted by Gasteiger charge is 2.18. The molecule has 0 bridgehead atoms. The van der Waals surface area contributed by atoms with Gasteiger partial charge >= 0.3 is 0 Å². The Hall–Kier alpha value is 0.390. The van der Waals surface area contributed by atoms with Gasteiger partial charge < -0.3 is 9.47 Å². The van der Waals surface area contributed by atoms with Gasteiger partial charge in [0.2, 0.25) is 0 Å². The van der Waals surface area contributed by atoms with Crippen molar-refractivity contribution in [2.75, 3.05) is 13.7 Å². The molecule has 0 aromatic carbocycles. The second-order valence-corrected chi connectivity index (χ2v) is 5.16. The topological polar surface area (TPSA) is 18.5 Å². The van der Waals surface area contributed by atoms with Crippen LogP contribution in [-0.2, 0) is 9.47 Å². The molecule has 1 aliphatic heterocycles. The van der Waals surface area contributed by atoms with Gasteiger partial charge in [0.15, 0.2) is 6.29 Å². The lowest BCUT2D eigenvalue weighted by Crippen LogP contribution is -2.26. The monoisotopic (exact) mass is 310 g/mol. The smallest absolute Gasteiger partial charge is 0.169 e. The van der Waals surface area contributed by atoms with Crippen LogP contribution < -0.4 is 0 Å². The Bertz CT molecular complexity index is 171. The molecule has 82 valence electrons. The summed E-state index contributed by atoms with van der Waals surface area (Å²) < 4.78 is 11.4. The predicted octanol–water partition coefficient (Wildman–Crippen LogP) is 3.30. The van der Waals surface area contributed by atoms with Crippen LogP contribution in [0.2, 0.25) is 0 Å². The van der Waals surface area contributed by atoms with Gasteiger partial charge in [0, 0.05) is 7.11 Å². The average Bonchev–Trinajstić information content (AvgIpc) is 2.24. The van der Waals surface area contributed by atoms with Gasteiger partial charge in [0.1, 0.15) is 0 Å². The van der Waals surface area contributed by atoms with E-state index < -0.39 is 0 Å². The molecule has 14 heavy (non-hydrogen) atoms. The van der Waals surface area contributed by atoms with Crippen LogP contribution in [0.15, 0.2) is 12.2 Å². The van der Waals surface area contributed by atoms with Crippen molar-refractivity contribution in [3.63, 3.8) is 0 Å². The molecule has 0 N–H and O–H groups in total. The van der Waals surface area contributed by atoms with E-state index in [-0.39, 0.29) is 6.29 Å². The lowest BCUT2D eigenvalue weighted by Gasteiger charge is -2.20. The summed E-state index contributed by atoms with van der Waals surface area (Å²) in [4.78, 5) is 0. The van der Waals surface area contributed by atoms with Crippen LogP contribution in [0.5, 0.6) is 0 Å². The van der Waals surface area contributed by atoms with Gasteiger partial charge in [-0.3, -0.25) is 0 Å². The lowest BCUT2D eigenvalue weighted by molar-refractivity contribution is -0.112. The summed E-state index contributed by atoms with van der Waals surface area (Å²) in [5, 5.41) is 0. The zero-order chi connectivity index (χ0) is 10.2. The number of alkyl halides is 1. The first kappa shape index (κ1) is 12.5. The van der Waals surface area contributed by atoms with Crippen LogP contribution in [0.4, 0.5) is 0 Å². The minimum absolute atomic E-state index is 0.0432. The summed E-state index contributed by atoms with van der Waals surface area (Å²) in [6.07, 6.45) is 10.5. The van der Waals surface area contributed by atoms with E-state index >= 15 is 0 Å². The molecule has 1 heterocycles. The van der Waals surface area contributed by atoms with Crippen molar-refractivity contribution in [1.29, 1.82) is 0 Å². The molecule has 0 aliphatic carbocycles. The molecule has 2 atom stereocenters. The van der Waals surface area contributed by atoms with Gasteiger partial charge in [0.05, 0.1) is 10.5 Å². The second kappa shape index (κ2) is 7.65. The third-order valence-electron chi connectivity index (χ3n) is 2.40. The van der Waals surface area contributed by atoms with Crippen molar-refractivity contribution < 1.29 is 9.47 Å². The summed E-state index contributed by atoms with van der Waals surface area (Å²) in [6.45, 7) is 0.679. The van der Waals surface area contributed by atoms with E-state index in [1.807, 2.05) is 0 Å². The highest BCUT2D eigenvalue weighted by molar-refractivity contribution is 14.1. The largest absolute Gasteiger partial charge is 0.355 e. The molecule has 0 amide bonds. The first-order valence-corrected chi connectivity index (χ1v) is 6.52. The molecule has 0 saturated heterocycles. The second-order valence-electron chi connectivity index (χ2n) is 3.56. The van der Waals surface area contributed by atoms with E-state index in [2.05, 4.69) is 34.7 Å². The first-order chi connectivity index (χ1) is 6.84. The Labute approximate surface area is 100 Å². The Morgan fingerprint density at radius 2 is 2.14 bits per heavy atom. The summed E-state index contributed by atoms with van der Waals surface area (Å²) in [5.74, 6) is 0. The van der Waals surface area contributed by atoms with Crippen LogP contribution in [0.1, 0.15) is 32.1 Å². The molecule has 1 unspecified atom stereocenters. The number of ether oxygens (including phenoxy) is 2. The van der Waals surface area contributed by atoms with Crippen molar-refractivity contribution in [2.24, 2.45) is 0 Å². The van der Waals surface area contributed by atoms with Crippen molar-refractivity contribution in [3.05, 3.63) is 12.2 Å². The van der Waals surface area contributed by atoms with Crippen LogP contribution >= 0.6 is 22.6 Å². The fourth-order valence-corrected chi connectivity index (χ4v) is 2.51. The van der Waals surface area contributed by atoms with Gasteiger partial charge in [-0.1, -0.05) is 47.6 Å². The molecule has 0 radical (unpaired) electrons. The SMILES string of the molecule is CO[C@@H]1OC/C=C\CCCCCC1I. The van der Waals surface area contributed by atoms with Gasteiger partial charge in [-0.2, -0.15) is 0 Å². The minimum atomic E-state index is -0.0432. The third kappa shape index (κ3) is 4.75. The molecule has 0 spiro atoms. The van der Waals surface area contributed by atoms with Crippen molar-refractivity contribution in [1.82, 2.24) is 0 Å². The van der Waals surface area contributed by atoms with E-state index in [4.69, 9.17) is 9.47 Å². The Morgan fingerprint density at radius 3 is 2.93 bits per heavy atom. The van der Waals surface area contributed by atoms with Crippen LogP contribution in [0, 0.1) is 0 Å². The normalized spacial score (nSPS) is 33.3. The van der Waals surface area contributed by atoms with Gasteiger partial charge in [-0.05, 0) is 19.3 Å². The number of methoxy groups -OCH3 is 1. The molecule has 2 nitrogen and oxygen atoms in total. The predicted molar refractivity (Wildman–Crippen MR) is 66.8 cm³/mol. The fourth-order valence-electron chi connectivity index (χ4n) is 1.57. The summed E-state index contributed by atoms with van der Waals surface area (Å²) >= 11 is 2.43. The lowest BCUT2D eigenvalue weighted by atomic mass is 10.1. The van der Waals surface area contributed by atoms with E-state index in [9.17, 15) is 0 Å². The first-order valence-electron chi connectivity index (χ1n) is 5.28. The standard InChI is InChI=1S/C11H19IO2/c1-13-11-10(12)8-6-4-2-3-5-7-9-14-11/h5,7,10-11H,2-4,6,8-9H2,1H3/b7-5-/t10?,11-/m1/s1. The maximum Gasteiger partial charge on any atom is 0.169 e. The van der Waals surface area contributed by atoms with Gasteiger partial charge in [-0.25, -0.2) is 0 Å². The molecular weight excluding hydrogens is 291 g/mol. The van der Waals surface area contributed by atoms with E-state index in [0.717, 1.165) is 0 Å². The van der Waals surface area contributed by atoms with Crippen molar-refractivity contribution in [2.45, 2.75) is 42.3 Å². The average molecular weight is 310 g/mol. The Kier molecular flexibility index (Phi) is 6.81. The van der Waals surface area contributed by atoms with Gasteiger partial charge in [0.25, 0.3) is 0 Å². The molecule has 3 heteroatoms. The molecule has 0 fully saturated rings. The molecule has 0 aromatic rings. The van der Waals surface area contributed by atoms with Gasteiger partial charge in [-0.15, -0.1) is 0 Å². The van der Waals surface area contributed by atoms with Crippen molar-refractivity contribution >= 4 is 22.6 Å². The fraction of sp³-hybridized carbons (Fsp3) is 0.818. The van der Waals surface area contributed by atoms with Crippen LogP contribution in [0.25, 0.3) is 0 Å². The van der Waals surface area contributed by atoms with E-state index in [0.29, 0.717) is 10.5 Å². The number of rotatable bonds is 1. The molecule has 0 aromatic heterocycles. The molecule has 1 aliphatic rings. The molecule has 0 saturated carbocycles. The zero-order valence-electron chi connectivity index (χ0n) is 8.75. The quantitative estimate of drug-likeness (QED) is 0.420. The summed E-state index contributed by atoms with van der Waals surface area (Å²) in [6, 6.07) is 0. The van der Waals surface area contributed by atoms with E-state index in [1.54, 1.807) is 7.11 Å². The number of allylic oxidation sites excluding steroid dienone is 1. The Morgan fingerprint density at radius 1 is 1.29 bits per heavy atom. The summed E-state index contributed by atoms with van der Waals surface area (Å²) in [7, 11) is 1.72. The number of hydrogen-bond acceptors (Lipinski definition) is 2. The third-order valence-corrected chi connectivity index (χ3v) is 3.61. The molecule has 1 rings (SSSR count). The number of hydrogen-bond donors (Lipinski definition) is 0. The molecular formula is C11H19IO2. The highest BCUT2D eigenvalue weighted by atomic mass is 127. The van der Waals surface area contributed by atoms with Crippen LogP contribution in [0.3, 0.4) is 0 Å². The summed E-state index contributed by atoms with van der Waals surface area (Å²) in [5.41, 5.74) is 0. The maximum atomic E-state index is 5.62. The Balaban J connectivity index is 2.41. The maximum absolute atomic E-state index is 5.62. The minimum Gasteiger partial charge on any atom is -0.355 e. The number of halogens is 1. The van der Waals surface area contributed by atoms with Crippen molar-refractivity contribution in [3.8, 4) is 0 Å². The van der Waals surface area contributed by atoms with E-state index in [1.165, 1.54) is 32.1 Å².